The van der Waals surface area contributed by atoms with Crippen molar-refractivity contribution < 1.29 is 17.6 Å². The van der Waals surface area contributed by atoms with Crippen LogP contribution in [-0.2, 0) is 21.2 Å². The number of nitrogens with zero attached hydrogens (tertiary/aromatic N) is 5. The van der Waals surface area contributed by atoms with Crippen molar-refractivity contribution in [2.75, 3.05) is 18.1 Å². The molecule has 0 saturated carbocycles. The molecule has 27 heavy (non-hydrogen) atoms. The van der Waals surface area contributed by atoms with Gasteiger partial charge in [-0.3, -0.25) is 4.79 Å². The molecule has 8 nitrogen and oxygen atoms in total. The summed E-state index contributed by atoms with van der Waals surface area (Å²) in [6, 6.07) is 5.35. The Balaban J connectivity index is 1.73. The molecule has 10 heteroatoms. The Hall–Kier alpha value is -2.36. The average molecular weight is 395 g/mol. The van der Waals surface area contributed by atoms with Crippen LogP contribution in [0.3, 0.4) is 0 Å². The SMILES string of the molecule is CC(C)CN(C(=O)Cn1nnc(-c2ccc(F)cc2)n1)[C@H]1CCS(=O)(=O)C1. The van der Waals surface area contributed by atoms with E-state index < -0.39 is 9.84 Å². The van der Waals surface area contributed by atoms with Gasteiger partial charge in [-0.25, -0.2) is 12.8 Å². The van der Waals surface area contributed by atoms with Gasteiger partial charge >= 0.3 is 0 Å². The zero-order valence-corrected chi connectivity index (χ0v) is 16.1. The van der Waals surface area contributed by atoms with Gasteiger partial charge in [-0.15, -0.1) is 10.2 Å². The van der Waals surface area contributed by atoms with Crippen LogP contribution in [0.15, 0.2) is 24.3 Å². The van der Waals surface area contributed by atoms with Gasteiger partial charge in [0, 0.05) is 18.2 Å². The molecule has 0 bridgehead atoms. The summed E-state index contributed by atoms with van der Waals surface area (Å²) in [5, 5.41) is 12.0. The van der Waals surface area contributed by atoms with Crippen molar-refractivity contribution >= 4 is 15.7 Å². The Morgan fingerprint density at radius 3 is 2.63 bits per heavy atom. The number of aromatic nitrogens is 4. The van der Waals surface area contributed by atoms with Gasteiger partial charge in [-0.05, 0) is 41.8 Å². The maximum Gasteiger partial charge on any atom is 0.246 e. The minimum absolute atomic E-state index is 0.00290. The highest BCUT2D eigenvalue weighted by Crippen LogP contribution is 2.20. The number of carbonyl (C=O) groups is 1. The first kappa shape index (κ1) is 19.4. The fourth-order valence-electron chi connectivity index (χ4n) is 3.11. The summed E-state index contributed by atoms with van der Waals surface area (Å²) in [5.74, 6) is -0.00388. The first-order valence-corrected chi connectivity index (χ1v) is 10.6. The molecule has 0 unspecified atom stereocenters. The molecular formula is C17H22FN5O3S. The number of amides is 1. The lowest BCUT2D eigenvalue weighted by molar-refractivity contribution is -0.134. The zero-order chi connectivity index (χ0) is 19.6. The summed E-state index contributed by atoms with van der Waals surface area (Å²) in [7, 11) is -3.09. The van der Waals surface area contributed by atoms with E-state index in [0.29, 0.717) is 24.4 Å². The van der Waals surface area contributed by atoms with E-state index in [4.69, 9.17) is 0 Å². The second kappa shape index (κ2) is 7.71. The van der Waals surface area contributed by atoms with Gasteiger partial charge in [0.05, 0.1) is 11.5 Å². The van der Waals surface area contributed by atoms with Crippen molar-refractivity contribution in [3.8, 4) is 11.4 Å². The van der Waals surface area contributed by atoms with Crippen LogP contribution in [0.4, 0.5) is 4.39 Å². The summed E-state index contributed by atoms with van der Waals surface area (Å²) < 4.78 is 36.6. The fourth-order valence-corrected chi connectivity index (χ4v) is 4.84. The lowest BCUT2D eigenvalue weighted by Crippen LogP contribution is -2.45. The minimum atomic E-state index is -3.09. The highest BCUT2D eigenvalue weighted by molar-refractivity contribution is 7.91. The molecule has 1 fully saturated rings. The van der Waals surface area contributed by atoms with Gasteiger partial charge in [0.1, 0.15) is 12.4 Å². The topological polar surface area (TPSA) is 98.1 Å². The van der Waals surface area contributed by atoms with Gasteiger partial charge in [0.2, 0.25) is 11.7 Å². The number of hydrogen-bond donors (Lipinski definition) is 0. The lowest BCUT2D eigenvalue weighted by atomic mass is 10.1. The first-order chi connectivity index (χ1) is 12.7. The summed E-state index contributed by atoms with van der Waals surface area (Å²) in [6.45, 7) is 4.30. The molecule has 146 valence electrons. The number of benzene rings is 1. The molecule has 1 saturated heterocycles. The highest BCUT2D eigenvalue weighted by atomic mass is 32.2. The standard InChI is InChI=1S/C17H22FN5O3S/c1-12(2)9-22(15-7-8-27(25,26)11-15)16(24)10-23-20-17(19-21-23)13-3-5-14(18)6-4-13/h3-6,12,15H,7-11H2,1-2H3/t15-/m0/s1. The van der Waals surface area contributed by atoms with E-state index in [1.54, 1.807) is 4.90 Å². The Morgan fingerprint density at radius 2 is 2.04 bits per heavy atom. The molecule has 0 N–H and O–H groups in total. The summed E-state index contributed by atoms with van der Waals surface area (Å²) in [6.07, 6.45) is 0.451. The molecule has 0 spiro atoms. The van der Waals surface area contributed by atoms with Crippen LogP contribution < -0.4 is 0 Å². The molecular weight excluding hydrogens is 373 g/mol. The van der Waals surface area contributed by atoms with Crippen molar-refractivity contribution in [2.45, 2.75) is 32.9 Å². The predicted molar refractivity (Wildman–Crippen MR) is 96.8 cm³/mol. The molecule has 2 aromatic rings. The van der Waals surface area contributed by atoms with Crippen LogP contribution >= 0.6 is 0 Å². The van der Waals surface area contributed by atoms with E-state index in [1.807, 2.05) is 13.8 Å². The number of rotatable bonds is 6. The molecule has 1 aliphatic heterocycles. The van der Waals surface area contributed by atoms with E-state index in [-0.39, 0.29) is 41.7 Å². The van der Waals surface area contributed by atoms with E-state index in [0.717, 1.165) is 0 Å². The molecule has 1 amide bonds. The smallest absolute Gasteiger partial charge is 0.246 e. The molecule has 1 aromatic carbocycles. The third-order valence-electron chi connectivity index (χ3n) is 4.36. The Bertz CT molecular complexity index is 911. The van der Waals surface area contributed by atoms with Gasteiger partial charge in [0.15, 0.2) is 9.84 Å². The first-order valence-electron chi connectivity index (χ1n) is 8.77. The van der Waals surface area contributed by atoms with Crippen LogP contribution in [0.2, 0.25) is 0 Å². The summed E-state index contributed by atoms with van der Waals surface area (Å²) in [4.78, 5) is 15.6. The van der Waals surface area contributed by atoms with Crippen molar-refractivity contribution in [3.05, 3.63) is 30.1 Å². The fraction of sp³-hybridized carbons (Fsp3) is 0.529. The molecule has 3 rings (SSSR count). The number of hydrogen-bond acceptors (Lipinski definition) is 6. The van der Waals surface area contributed by atoms with E-state index in [2.05, 4.69) is 15.4 Å². The quantitative estimate of drug-likeness (QED) is 0.728. The third-order valence-corrected chi connectivity index (χ3v) is 6.11. The average Bonchev–Trinajstić information content (AvgIpc) is 3.19. The largest absolute Gasteiger partial charge is 0.337 e. The van der Waals surface area contributed by atoms with Crippen molar-refractivity contribution in [1.82, 2.24) is 25.1 Å². The van der Waals surface area contributed by atoms with E-state index in [9.17, 15) is 17.6 Å². The van der Waals surface area contributed by atoms with Crippen molar-refractivity contribution in [1.29, 1.82) is 0 Å². The zero-order valence-electron chi connectivity index (χ0n) is 15.2. The Labute approximate surface area is 157 Å². The molecule has 1 atom stereocenters. The van der Waals surface area contributed by atoms with Crippen LogP contribution in [0, 0.1) is 11.7 Å². The van der Waals surface area contributed by atoms with Gasteiger partial charge in [-0.2, -0.15) is 4.80 Å². The Morgan fingerprint density at radius 1 is 1.33 bits per heavy atom. The Kier molecular flexibility index (Phi) is 5.54. The van der Waals surface area contributed by atoms with Crippen LogP contribution in [-0.4, -0.2) is 63.5 Å². The van der Waals surface area contributed by atoms with Crippen molar-refractivity contribution in [3.63, 3.8) is 0 Å². The maximum absolute atomic E-state index is 13.0. The highest BCUT2D eigenvalue weighted by Gasteiger charge is 2.35. The summed E-state index contributed by atoms with van der Waals surface area (Å²) >= 11 is 0. The normalized spacial score (nSPS) is 18.7. The van der Waals surface area contributed by atoms with E-state index >= 15 is 0 Å². The number of sulfone groups is 1. The number of halogens is 1. The molecule has 2 heterocycles. The van der Waals surface area contributed by atoms with Crippen LogP contribution in [0.25, 0.3) is 11.4 Å². The van der Waals surface area contributed by atoms with Crippen LogP contribution in [0.5, 0.6) is 0 Å². The van der Waals surface area contributed by atoms with Crippen LogP contribution in [0.1, 0.15) is 20.3 Å². The van der Waals surface area contributed by atoms with Gasteiger partial charge < -0.3 is 4.90 Å². The molecule has 1 aliphatic rings. The van der Waals surface area contributed by atoms with E-state index in [1.165, 1.54) is 29.1 Å². The second-order valence-electron chi connectivity index (χ2n) is 7.15. The lowest BCUT2D eigenvalue weighted by Gasteiger charge is -2.29. The second-order valence-corrected chi connectivity index (χ2v) is 9.38. The predicted octanol–water partition coefficient (Wildman–Crippen LogP) is 1.15. The van der Waals surface area contributed by atoms with Crippen molar-refractivity contribution in [2.24, 2.45) is 5.92 Å². The molecule has 1 aromatic heterocycles. The molecule has 0 aliphatic carbocycles. The number of carbonyl (C=O) groups excluding carboxylic acids is 1. The third kappa shape index (κ3) is 4.88. The summed E-state index contributed by atoms with van der Waals surface area (Å²) in [5.41, 5.74) is 0.594. The monoisotopic (exact) mass is 395 g/mol. The number of tetrazole rings is 1. The minimum Gasteiger partial charge on any atom is -0.337 e. The maximum atomic E-state index is 13.0. The molecule has 0 radical (unpaired) electrons. The van der Waals surface area contributed by atoms with Gasteiger partial charge in [-0.1, -0.05) is 13.8 Å². The van der Waals surface area contributed by atoms with Gasteiger partial charge in [0.25, 0.3) is 0 Å².